The molecule has 33 heavy (non-hydrogen) atoms. The number of nitrogens with one attached hydrogen (secondary N) is 1. The van der Waals surface area contributed by atoms with Gasteiger partial charge in [0.1, 0.15) is 12.4 Å². The van der Waals surface area contributed by atoms with Gasteiger partial charge in [0.2, 0.25) is 5.91 Å². The fourth-order valence-corrected chi connectivity index (χ4v) is 5.70. The third kappa shape index (κ3) is 4.37. The van der Waals surface area contributed by atoms with Crippen LogP contribution in [0.2, 0.25) is 0 Å². The molecular weight excluding hydrogens is 439 g/mol. The van der Waals surface area contributed by atoms with Gasteiger partial charge in [0.15, 0.2) is 0 Å². The maximum Gasteiger partial charge on any atom is 0.265 e. The topological polar surface area (TPSA) is 66.5 Å². The number of hydrogen-bond acceptors (Lipinski definition) is 3. The Bertz CT molecular complexity index is 1310. The van der Waals surface area contributed by atoms with Crippen LogP contribution in [0.4, 0.5) is 10.1 Å². The van der Waals surface area contributed by atoms with Crippen molar-refractivity contribution in [1.29, 1.82) is 0 Å². The standard InChI is InChI=1S/C26H27FN2O3S/c1-17(18-9-11-19(12-10-18)26(2,3)4)28-25(30)16-29-23-14-13-20(27)15-22(23)21-7-5-6-8-24(21)33(29,31)32/h5-15,17H,16H2,1-4H3,(H,28,30)/t17-/m1/s1. The van der Waals surface area contributed by atoms with Crippen molar-refractivity contribution < 1.29 is 17.6 Å². The quantitative estimate of drug-likeness (QED) is 0.576. The van der Waals surface area contributed by atoms with Gasteiger partial charge in [-0.15, -0.1) is 0 Å². The molecule has 0 bridgehead atoms. The van der Waals surface area contributed by atoms with E-state index in [-0.39, 0.29) is 22.0 Å². The van der Waals surface area contributed by atoms with Crippen LogP contribution in [0.1, 0.15) is 44.9 Å². The van der Waals surface area contributed by atoms with Crippen molar-refractivity contribution in [3.05, 3.63) is 83.7 Å². The first-order valence-electron chi connectivity index (χ1n) is 10.8. The van der Waals surface area contributed by atoms with E-state index in [1.807, 2.05) is 31.2 Å². The van der Waals surface area contributed by atoms with E-state index in [4.69, 9.17) is 0 Å². The van der Waals surface area contributed by atoms with Gasteiger partial charge in [0, 0.05) is 11.1 Å². The molecule has 5 nitrogen and oxygen atoms in total. The number of carbonyl (C=O) groups excluding carboxylic acids is 1. The lowest BCUT2D eigenvalue weighted by Gasteiger charge is -2.32. The molecule has 1 amide bonds. The average Bonchev–Trinajstić information content (AvgIpc) is 2.76. The fourth-order valence-electron chi connectivity index (χ4n) is 4.05. The molecule has 0 aromatic heterocycles. The summed E-state index contributed by atoms with van der Waals surface area (Å²) in [5.74, 6) is -0.916. The lowest BCUT2D eigenvalue weighted by atomic mass is 9.86. The Morgan fingerprint density at radius 3 is 2.33 bits per heavy atom. The van der Waals surface area contributed by atoms with Crippen LogP contribution in [0.15, 0.2) is 71.6 Å². The zero-order valence-corrected chi connectivity index (χ0v) is 19.9. The highest BCUT2D eigenvalue weighted by molar-refractivity contribution is 7.93. The number of nitrogens with zero attached hydrogens (tertiary/aromatic N) is 1. The second kappa shape index (κ2) is 8.30. The number of benzene rings is 3. The smallest absolute Gasteiger partial charge is 0.265 e. The largest absolute Gasteiger partial charge is 0.348 e. The third-order valence-electron chi connectivity index (χ3n) is 5.91. The van der Waals surface area contributed by atoms with E-state index in [1.54, 1.807) is 18.2 Å². The zero-order valence-electron chi connectivity index (χ0n) is 19.1. The van der Waals surface area contributed by atoms with Crippen LogP contribution in [-0.2, 0) is 20.2 Å². The van der Waals surface area contributed by atoms with Gasteiger partial charge < -0.3 is 5.32 Å². The third-order valence-corrected chi connectivity index (χ3v) is 7.73. The van der Waals surface area contributed by atoms with Gasteiger partial charge in [0.25, 0.3) is 10.0 Å². The molecule has 1 N–H and O–H groups in total. The molecule has 0 fully saturated rings. The normalized spacial score (nSPS) is 15.4. The molecule has 4 rings (SSSR count). The minimum absolute atomic E-state index is 0.0246. The van der Waals surface area contributed by atoms with Crippen molar-refractivity contribution in [2.24, 2.45) is 0 Å². The van der Waals surface area contributed by atoms with Crippen LogP contribution in [0.5, 0.6) is 0 Å². The zero-order chi connectivity index (χ0) is 24.0. The number of hydrogen-bond donors (Lipinski definition) is 1. The summed E-state index contributed by atoms with van der Waals surface area (Å²) in [4.78, 5) is 13.0. The van der Waals surface area contributed by atoms with Gasteiger partial charge in [0.05, 0.1) is 16.6 Å². The molecule has 1 aliphatic rings. The molecule has 0 radical (unpaired) electrons. The van der Waals surface area contributed by atoms with E-state index in [0.29, 0.717) is 11.1 Å². The first-order chi connectivity index (χ1) is 15.5. The van der Waals surface area contributed by atoms with Crippen molar-refractivity contribution in [3.8, 4) is 11.1 Å². The molecule has 1 aliphatic heterocycles. The first kappa shape index (κ1) is 23.0. The Hall–Kier alpha value is -3.19. The molecule has 3 aromatic rings. The van der Waals surface area contributed by atoms with Gasteiger partial charge in [-0.1, -0.05) is 63.2 Å². The van der Waals surface area contributed by atoms with Crippen molar-refractivity contribution in [2.75, 3.05) is 10.8 Å². The minimum Gasteiger partial charge on any atom is -0.348 e. The summed E-state index contributed by atoms with van der Waals surface area (Å²) in [7, 11) is -3.98. The summed E-state index contributed by atoms with van der Waals surface area (Å²) in [5, 5.41) is 2.89. The minimum atomic E-state index is -3.98. The van der Waals surface area contributed by atoms with E-state index in [9.17, 15) is 17.6 Å². The summed E-state index contributed by atoms with van der Waals surface area (Å²) >= 11 is 0. The van der Waals surface area contributed by atoms with Crippen molar-refractivity contribution in [3.63, 3.8) is 0 Å². The maximum atomic E-state index is 14.0. The SMILES string of the molecule is C[C@@H](NC(=O)CN1c2ccc(F)cc2-c2ccccc2S1(=O)=O)c1ccc(C(C)(C)C)cc1. The summed E-state index contributed by atoms with van der Waals surface area (Å²) < 4.78 is 41.7. The Morgan fingerprint density at radius 2 is 1.67 bits per heavy atom. The predicted molar refractivity (Wildman–Crippen MR) is 128 cm³/mol. The van der Waals surface area contributed by atoms with Crippen LogP contribution < -0.4 is 9.62 Å². The molecule has 7 heteroatoms. The van der Waals surface area contributed by atoms with E-state index in [0.717, 1.165) is 9.87 Å². The van der Waals surface area contributed by atoms with Crippen LogP contribution in [0.25, 0.3) is 11.1 Å². The second-order valence-corrected chi connectivity index (χ2v) is 11.2. The lowest BCUT2D eigenvalue weighted by Crippen LogP contribution is -2.43. The van der Waals surface area contributed by atoms with Gasteiger partial charge >= 0.3 is 0 Å². The maximum absolute atomic E-state index is 14.0. The fraction of sp³-hybridized carbons (Fsp3) is 0.269. The van der Waals surface area contributed by atoms with Gasteiger partial charge in [-0.05, 0) is 47.7 Å². The number of sulfonamides is 1. The molecule has 0 spiro atoms. The Morgan fingerprint density at radius 1 is 1.00 bits per heavy atom. The van der Waals surface area contributed by atoms with E-state index >= 15 is 0 Å². The van der Waals surface area contributed by atoms with Crippen LogP contribution >= 0.6 is 0 Å². The molecule has 0 saturated heterocycles. The van der Waals surface area contributed by atoms with Crippen molar-refractivity contribution >= 4 is 21.6 Å². The van der Waals surface area contributed by atoms with Crippen LogP contribution in [-0.4, -0.2) is 20.9 Å². The summed E-state index contributed by atoms with van der Waals surface area (Å²) in [6, 6.07) is 18.0. The summed E-state index contributed by atoms with van der Waals surface area (Å²) in [6.45, 7) is 7.85. The second-order valence-electron chi connectivity index (χ2n) is 9.33. The van der Waals surface area contributed by atoms with Gasteiger partial charge in [-0.3, -0.25) is 9.10 Å². The predicted octanol–water partition coefficient (Wildman–Crippen LogP) is 5.18. The number of halogens is 1. The molecular formula is C26H27FN2O3S. The summed E-state index contributed by atoms with van der Waals surface area (Å²) in [5.41, 5.74) is 3.29. The van der Waals surface area contributed by atoms with Crippen molar-refractivity contribution in [2.45, 2.75) is 44.0 Å². The highest BCUT2D eigenvalue weighted by atomic mass is 32.2. The van der Waals surface area contributed by atoms with Gasteiger partial charge in [-0.25, -0.2) is 12.8 Å². The number of anilines is 1. The van der Waals surface area contributed by atoms with E-state index < -0.39 is 28.3 Å². The number of carbonyl (C=O) groups is 1. The lowest BCUT2D eigenvalue weighted by molar-refractivity contribution is -0.120. The highest BCUT2D eigenvalue weighted by Crippen LogP contribution is 2.43. The Labute approximate surface area is 194 Å². The molecule has 0 aliphatic carbocycles. The number of rotatable bonds is 4. The molecule has 1 heterocycles. The molecule has 0 unspecified atom stereocenters. The molecule has 1 atom stereocenters. The van der Waals surface area contributed by atoms with E-state index in [2.05, 4.69) is 26.1 Å². The average molecular weight is 467 g/mol. The molecule has 172 valence electrons. The van der Waals surface area contributed by atoms with Gasteiger partial charge in [-0.2, -0.15) is 0 Å². The van der Waals surface area contributed by atoms with Crippen LogP contribution in [0, 0.1) is 5.82 Å². The monoisotopic (exact) mass is 466 g/mol. The Kier molecular flexibility index (Phi) is 5.78. The number of fused-ring (bicyclic) bond motifs is 3. The summed E-state index contributed by atoms with van der Waals surface area (Å²) in [6.07, 6.45) is 0. The highest BCUT2D eigenvalue weighted by Gasteiger charge is 2.36. The van der Waals surface area contributed by atoms with E-state index in [1.165, 1.54) is 29.8 Å². The number of amides is 1. The van der Waals surface area contributed by atoms with Crippen LogP contribution in [0.3, 0.4) is 0 Å². The van der Waals surface area contributed by atoms with Crippen molar-refractivity contribution in [1.82, 2.24) is 5.32 Å². The molecule has 3 aromatic carbocycles. The first-order valence-corrected chi connectivity index (χ1v) is 12.2. The Balaban J connectivity index is 1.59. The molecule has 0 saturated carbocycles.